The van der Waals surface area contributed by atoms with Crippen LogP contribution in [0.25, 0.3) is 0 Å². The third kappa shape index (κ3) is 3.48. The van der Waals surface area contributed by atoms with Crippen molar-refractivity contribution < 1.29 is 19.4 Å². The maximum atomic E-state index is 11.7. The molecule has 0 aromatic heterocycles. The third-order valence-electron chi connectivity index (χ3n) is 3.41. The minimum Gasteiger partial charge on any atom is -0.480 e. The van der Waals surface area contributed by atoms with E-state index < -0.39 is 18.0 Å². The molecule has 1 atom stereocenters. The van der Waals surface area contributed by atoms with Gasteiger partial charge in [-0.1, -0.05) is 0 Å². The molecule has 20 heavy (non-hydrogen) atoms. The average Bonchev–Trinajstić information content (AvgIpc) is 2.88. The summed E-state index contributed by atoms with van der Waals surface area (Å²) in [5.74, 6) is -1.23. The smallest absolute Gasteiger partial charge is 0.338 e. The molecule has 1 fully saturated rings. The third-order valence-corrected chi connectivity index (χ3v) is 3.41. The molecule has 0 aliphatic carbocycles. The minimum atomic E-state index is -0.813. The highest BCUT2D eigenvalue weighted by Crippen LogP contribution is 2.16. The largest absolute Gasteiger partial charge is 0.480 e. The predicted octanol–water partition coefficient (Wildman–Crippen LogP) is 0.975. The molecular formula is C14H18N2O4. The van der Waals surface area contributed by atoms with Gasteiger partial charge in [-0.15, -0.1) is 0 Å². The van der Waals surface area contributed by atoms with E-state index in [4.69, 9.17) is 15.6 Å². The van der Waals surface area contributed by atoms with E-state index in [0.717, 1.165) is 13.0 Å². The van der Waals surface area contributed by atoms with Gasteiger partial charge in [0.25, 0.3) is 0 Å². The van der Waals surface area contributed by atoms with Gasteiger partial charge in [-0.2, -0.15) is 0 Å². The number of hydrogen-bond donors (Lipinski definition) is 2. The van der Waals surface area contributed by atoms with Crippen LogP contribution >= 0.6 is 0 Å². The Balaban J connectivity index is 1.79. The van der Waals surface area contributed by atoms with Crippen LogP contribution in [-0.4, -0.2) is 47.7 Å². The molecule has 1 unspecified atom stereocenters. The number of rotatable bonds is 5. The molecule has 6 nitrogen and oxygen atoms in total. The van der Waals surface area contributed by atoms with Crippen molar-refractivity contribution in [3.63, 3.8) is 0 Å². The quantitative estimate of drug-likeness (QED) is 0.616. The van der Waals surface area contributed by atoms with Gasteiger partial charge in [0.15, 0.2) is 0 Å². The summed E-state index contributed by atoms with van der Waals surface area (Å²) in [7, 11) is 0. The zero-order valence-corrected chi connectivity index (χ0v) is 11.1. The van der Waals surface area contributed by atoms with Gasteiger partial charge >= 0.3 is 11.9 Å². The van der Waals surface area contributed by atoms with Gasteiger partial charge in [0, 0.05) is 12.2 Å². The number of ether oxygens (including phenoxy) is 1. The van der Waals surface area contributed by atoms with Gasteiger partial charge in [0.1, 0.15) is 12.6 Å². The Bertz CT molecular complexity index is 486. The molecule has 1 aromatic carbocycles. The lowest BCUT2D eigenvalue weighted by Gasteiger charge is -2.20. The molecule has 3 N–H and O–H groups in total. The second-order valence-corrected chi connectivity index (χ2v) is 4.79. The van der Waals surface area contributed by atoms with Gasteiger partial charge < -0.3 is 15.6 Å². The second-order valence-electron chi connectivity index (χ2n) is 4.79. The Morgan fingerprint density at radius 3 is 2.70 bits per heavy atom. The summed E-state index contributed by atoms with van der Waals surface area (Å²) < 4.78 is 5.14. The van der Waals surface area contributed by atoms with Gasteiger partial charge in [0.2, 0.25) is 0 Å². The van der Waals surface area contributed by atoms with Crippen molar-refractivity contribution in [2.24, 2.45) is 0 Å². The molecule has 0 amide bonds. The first kappa shape index (κ1) is 14.3. The highest BCUT2D eigenvalue weighted by molar-refractivity contribution is 5.89. The van der Waals surface area contributed by atoms with E-state index in [1.807, 2.05) is 4.90 Å². The van der Waals surface area contributed by atoms with Crippen LogP contribution < -0.4 is 5.73 Å². The average molecular weight is 278 g/mol. The van der Waals surface area contributed by atoms with Crippen LogP contribution in [0.2, 0.25) is 0 Å². The van der Waals surface area contributed by atoms with Crippen molar-refractivity contribution in [2.75, 3.05) is 25.4 Å². The molecule has 1 heterocycles. The summed E-state index contributed by atoms with van der Waals surface area (Å²) >= 11 is 0. The second kappa shape index (κ2) is 6.38. The van der Waals surface area contributed by atoms with E-state index in [1.54, 1.807) is 24.3 Å². The molecule has 0 spiro atoms. The number of carbonyl (C=O) groups is 2. The molecule has 0 radical (unpaired) electrons. The molecule has 0 bridgehead atoms. The van der Waals surface area contributed by atoms with Gasteiger partial charge in [-0.25, -0.2) is 4.79 Å². The number of anilines is 1. The Morgan fingerprint density at radius 1 is 1.35 bits per heavy atom. The number of carboxylic acids is 1. The van der Waals surface area contributed by atoms with Crippen LogP contribution in [0.1, 0.15) is 23.2 Å². The van der Waals surface area contributed by atoms with Crippen molar-refractivity contribution in [1.29, 1.82) is 0 Å². The zero-order chi connectivity index (χ0) is 14.5. The van der Waals surface area contributed by atoms with Crippen LogP contribution in [0.4, 0.5) is 5.69 Å². The maximum Gasteiger partial charge on any atom is 0.338 e. The number of esters is 1. The summed E-state index contributed by atoms with van der Waals surface area (Å²) in [5, 5.41) is 9.03. The normalized spacial score (nSPS) is 18.9. The first-order chi connectivity index (χ1) is 9.58. The van der Waals surface area contributed by atoms with Crippen molar-refractivity contribution in [3.05, 3.63) is 29.8 Å². The van der Waals surface area contributed by atoms with E-state index in [1.165, 1.54) is 0 Å². The fourth-order valence-corrected chi connectivity index (χ4v) is 2.33. The monoisotopic (exact) mass is 278 g/mol. The Labute approximate surface area is 117 Å². The van der Waals surface area contributed by atoms with Crippen LogP contribution in [0.15, 0.2) is 24.3 Å². The van der Waals surface area contributed by atoms with E-state index >= 15 is 0 Å². The summed E-state index contributed by atoms with van der Waals surface area (Å²) in [6.07, 6.45) is 1.52. The first-order valence-corrected chi connectivity index (χ1v) is 6.57. The number of carboxylic acid groups (broad SMARTS) is 1. The van der Waals surface area contributed by atoms with Crippen molar-refractivity contribution in [1.82, 2.24) is 4.90 Å². The number of nitrogens with two attached hydrogens (primary N) is 1. The lowest BCUT2D eigenvalue weighted by atomic mass is 10.2. The lowest BCUT2D eigenvalue weighted by Crippen LogP contribution is -2.38. The predicted molar refractivity (Wildman–Crippen MR) is 73.4 cm³/mol. The summed E-state index contributed by atoms with van der Waals surface area (Å²) in [6, 6.07) is 6.03. The minimum absolute atomic E-state index is 0.187. The summed E-state index contributed by atoms with van der Waals surface area (Å²) in [6.45, 7) is 1.36. The highest BCUT2D eigenvalue weighted by Gasteiger charge is 2.30. The van der Waals surface area contributed by atoms with Crippen LogP contribution in [0.5, 0.6) is 0 Å². The highest BCUT2D eigenvalue weighted by atomic mass is 16.5. The topological polar surface area (TPSA) is 92.9 Å². The number of nitrogens with zero attached hydrogens (tertiary/aromatic N) is 1. The van der Waals surface area contributed by atoms with Crippen molar-refractivity contribution >= 4 is 17.6 Å². The molecule has 2 rings (SSSR count). The zero-order valence-electron chi connectivity index (χ0n) is 11.1. The van der Waals surface area contributed by atoms with E-state index in [9.17, 15) is 9.59 Å². The summed E-state index contributed by atoms with van der Waals surface area (Å²) in [5.41, 5.74) is 6.57. The van der Waals surface area contributed by atoms with Crippen LogP contribution in [-0.2, 0) is 9.53 Å². The molecule has 6 heteroatoms. The van der Waals surface area contributed by atoms with E-state index in [-0.39, 0.29) is 6.61 Å². The summed E-state index contributed by atoms with van der Waals surface area (Å²) in [4.78, 5) is 24.6. The Kier molecular flexibility index (Phi) is 4.57. The number of carbonyl (C=O) groups excluding carboxylic acids is 1. The van der Waals surface area contributed by atoms with Gasteiger partial charge in [-0.3, -0.25) is 9.69 Å². The SMILES string of the molecule is Nc1ccc(C(=O)OCCN2CCCC2C(=O)O)cc1. The lowest BCUT2D eigenvalue weighted by molar-refractivity contribution is -0.142. The maximum absolute atomic E-state index is 11.7. The molecular weight excluding hydrogens is 260 g/mol. The first-order valence-electron chi connectivity index (χ1n) is 6.57. The molecule has 1 aliphatic heterocycles. The van der Waals surface area contributed by atoms with Crippen molar-refractivity contribution in [3.8, 4) is 0 Å². The molecule has 1 aromatic rings. The van der Waals surface area contributed by atoms with Gasteiger partial charge in [-0.05, 0) is 43.7 Å². The number of aliphatic carboxylic acids is 1. The molecule has 108 valence electrons. The van der Waals surface area contributed by atoms with E-state index in [2.05, 4.69) is 0 Å². The molecule has 1 aliphatic rings. The number of likely N-dealkylation sites (tertiary alicyclic amines) is 1. The standard InChI is InChI=1S/C14H18N2O4/c15-11-5-3-10(4-6-11)14(19)20-9-8-16-7-1-2-12(16)13(17)18/h3-6,12H,1-2,7-9,15H2,(H,17,18). The molecule has 1 saturated heterocycles. The Morgan fingerprint density at radius 2 is 2.05 bits per heavy atom. The fourth-order valence-electron chi connectivity index (χ4n) is 2.33. The van der Waals surface area contributed by atoms with E-state index in [0.29, 0.717) is 24.2 Å². The van der Waals surface area contributed by atoms with Gasteiger partial charge in [0.05, 0.1) is 5.56 Å². The van der Waals surface area contributed by atoms with Crippen LogP contribution in [0.3, 0.4) is 0 Å². The van der Waals surface area contributed by atoms with Crippen LogP contribution in [0, 0.1) is 0 Å². The Hall–Kier alpha value is -2.08. The number of benzene rings is 1. The number of hydrogen-bond acceptors (Lipinski definition) is 5. The fraction of sp³-hybridized carbons (Fsp3) is 0.429. The molecule has 0 saturated carbocycles. The number of nitrogen functional groups attached to an aromatic ring is 1. The van der Waals surface area contributed by atoms with Crippen molar-refractivity contribution in [2.45, 2.75) is 18.9 Å².